The maximum Gasteiger partial charge on any atom is 0.245 e. The van der Waals surface area contributed by atoms with Crippen LogP contribution in [-0.2, 0) is 21.1 Å². The third-order valence-electron chi connectivity index (χ3n) is 5.50. The fraction of sp³-hybridized carbons (Fsp3) is 0.550. The summed E-state index contributed by atoms with van der Waals surface area (Å²) in [5.74, 6) is -0.272. The summed E-state index contributed by atoms with van der Waals surface area (Å²) in [5, 5.41) is 2.87. The molecule has 0 saturated carbocycles. The lowest BCUT2D eigenvalue weighted by molar-refractivity contribution is -0.144. The van der Waals surface area contributed by atoms with Crippen molar-refractivity contribution in [2.45, 2.75) is 45.3 Å². The van der Waals surface area contributed by atoms with E-state index in [1.54, 1.807) is 34.1 Å². The summed E-state index contributed by atoms with van der Waals surface area (Å²) in [5.41, 5.74) is 1.23. The molecule has 2 aliphatic heterocycles. The SMILES string of the molecule is CC(=O)N1CCC[C@@H]1C(=O)N1CCC(C(=O)Nc2ccc(CF)cc2)CC1. The first kappa shape index (κ1) is 19.3. The molecule has 0 aromatic heterocycles. The van der Waals surface area contributed by atoms with Gasteiger partial charge in [0.25, 0.3) is 0 Å². The lowest BCUT2D eigenvalue weighted by atomic mass is 9.95. The van der Waals surface area contributed by atoms with Crippen molar-refractivity contribution in [2.75, 3.05) is 25.0 Å². The lowest BCUT2D eigenvalue weighted by Crippen LogP contribution is -2.50. The second-order valence-electron chi connectivity index (χ2n) is 7.29. The zero-order valence-electron chi connectivity index (χ0n) is 15.6. The molecule has 0 radical (unpaired) electrons. The Bertz CT molecular complexity index is 699. The number of alkyl halides is 1. The highest BCUT2D eigenvalue weighted by Crippen LogP contribution is 2.24. The Balaban J connectivity index is 1.51. The van der Waals surface area contributed by atoms with Crippen molar-refractivity contribution in [3.63, 3.8) is 0 Å². The average Bonchev–Trinajstić information content (AvgIpc) is 3.18. The molecule has 3 amide bonds. The third kappa shape index (κ3) is 4.46. The maximum absolute atomic E-state index is 12.7. The Labute approximate surface area is 158 Å². The van der Waals surface area contributed by atoms with E-state index in [0.29, 0.717) is 50.1 Å². The molecule has 146 valence electrons. The molecule has 1 N–H and O–H groups in total. The van der Waals surface area contributed by atoms with E-state index >= 15 is 0 Å². The Kier molecular flexibility index (Phi) is 6.08. The molecule has 2 saturated heterocycles. The van der Waals surface area contributed by atoms with E-state index in [-0.39, 0.29) is 29.7 Å². The lowest BCUT2D eigenvalue weighted by Gasteiger charge is -2.34. The first-order valence-corrected chi connectivity index (χ1v) is 9.51. The molecule has 2 heterocycles. The minimum Gasteiger partial charge on any atom is -0.341 e. The fourth-order valence-electron chi connectivity index (χ4n) is 3.89. The van der Waals surface area contributed by atoms with Crippen LogP contribution in [0.15, 0.2) is 24.3 Å². The number of carbonyl (C=O) groups is 3. The van der Waals surface area contributed by atoms with Crippen molar-refractivity contribution in [1.82, 2.24) is 9.80 Å². The number of carbonyl (C=O) groups excluding carboxylic acids is 3. The van der Waals surface area contributed by atoms with Crippen molar-refractivity contribution >= 4 is 23.4 Å². The smallest absolute Gasteiger partial charge is 0.245 e. The minimum atomic E-state index is -0.525. The van der Waals surface area contributed by atoms with Gasteiger partial charge in [-0.1, -0.05) is 12.1 Å². The predicted octanol–water partition coefficient (Wildman–Crippen LogP) is 2.34. The zero-order chi connectivity index (χ0) is 19.4. The molecule has 0 bridgehead atoms. The number of amides is 3. The maximum atomic E-state index is 12.7. The summed E-state index contributed by atoms with van der Waals surface area (Å²) in [6, 6.07) is 6.35. The second kappa shape index (κ2) is 8.50. The highest BCUT2D eigenvalue weighted by molar-refractivity contribution is 5.93. The Morgan fingerprint density at radius 2 is 1.74 bits per heavy atom. The van der Waals surface area contributed by atoms with Crippen LogP contribution in [0.5, 0.6) is 0 Å². The van der Waals surface area contributed by atoms with Gasteiger partial charge in [-0.2, -0.15) is 0 Å². The topological polar surface area (TPSA) is 69.7 Å². The molecule has 0 unspecified atom stereocenters. The third-order valence-corrected chi connectivity index (χ3v) is 5.50. The van der Waals surface area contributed by atoms with Gasteiger partial charge in [0.1, 0.15) is 12.7 Å². The number of hydrogen-bond donors (Lipinski definition) is 1. The van der Waals surface area contributed by atoms with Gasteiger partial charge in [-0.05, 0) is 43.4 Å². The highest BCUT2D eigenvalue weighted by Gasteiger charge is 2.37. The molecule has 1 atom stereocenters. The van der Waals surface area contributed by atoms with Crippen LogP contribution in [0.4, 0.5) is 10.1 Å². The van der Waals surface area contributed by atoms with Gasteiger partial charge in [-0.25, -0.2) is 4.39 Å². The number of benzene rings is 1. The number of nitrogens with one attached hydrogen (secondary N) is 1. The first-order chi connectivity index (χ1) is 13.0. The zero-order valence-corrected chi connectivity index (χ0v) is 15.6. The number of rotatable bonds is 4. The van der Waals surface area contributed by atoms with Gasteiger partial charge in [0.05, 0.1) is 0 Å². The quantitative estimate of drug-likeness (QED) is 0.878. The number of anilines is 1. The van der Waals surface area contributed by atoms with Gasteiger partial charge >= 0.3 is 0 Å². The highest BCUT2D eigenvalue weighted by atomic mass is 19.1. The largest absolute Gasteiger partial charge is 0.341 e. The van der Waals surface area contributed by atoms with Gasteiger partial charge in [-0.3, -0.25) is 14.4 Å². The van der Waals surface area contributed by atoms with E-state index in [1.807, 2.05) is 0 Å². The van der Waals surface area contributed by atoms with Crippen molar-refractivity contribution in [3.8, 4) is 0 Å². The molecule has 1 aromatic rings. The minimum absolute atomic E-state index is 0.00312. The van der Waals surface area contributed by atoms with Crippen LogP contribution in [0.3, 0.4) is 0 Å². The van der Waals surface area contributed by atoms with E-state index < -0.39 is 6.67 Å². The van der Waals surface area contributed by atoms with E-state index in [2.05, 4.69) is 5.32 Å². The van der Waals surface area contributed by atoms with Crippen LogP contribution >= 0.6 is 0 Å². The number of nitrogens with zero attached hydrogens (tertiary/aromatic N) is 2. The number of hydrogen-bond acceptors (Lipinski definition) is 3. The van der Waals surface area contributed by atoms with Gasteiger partial charge < -0.3 is 15.1 Å². The summed E-state index contributed by atoms with van der Waals surface area (Å²) < 4.78 is 12.6. The molecule has 7 heteroatoms. The normalized spacial score (nSPS) is 20.6. The van der Waals surface area contributed by atoms with Crippen LogP contribution in [0, 0.1) is 5.92 Å². The van der Waals surface area contributed by atoms with Crippen LogP contribution in [0.25, 0.3) is 0 Å². The van der Waals surface area contributed by atoms with Crippen LogP contribution in [-0.4, -0.2) is 53.2 Å². The Hall–Kier alpha value is -2.44. The summed E-state index contributed by atoms with van der Waals surface area (Å²) in [6.45, 7) is 2.68. The molecule has 0 spiro atoms. The predicted molar refractivity (Wildman–Crippen MR) is 99.6 cm³/mol. The Morgan fingerprint density at radius 1 is 1.07 bits per heavy atom. The van der Waals surface area contributed by atoms with Gasteiger partial charge in [0.15, 0.2) is 0 Å². The van der Waals surface area contributed by atoms with E-state index in [9.17, 15) is 18.8 Å². The van der Waals surface area contributed by atoms with E-state index in [1.165, 1.54) is 6.92 Å². The number of likely N-dealkylation sites (tertiary alicyclic amines) is 2. The molecular weight excluding hydrogens is 349 g/mol. The van der Waals surface area contributed by atoms with Crippen LogP contribution in [0.2, 0.25) is 0 Å². The number of piperidine rings is 1. The second-order valence-corrected chi connectivity index (χ2v) is 7.29. The van der Waals surface area contributed by atoms with Crippen molar-refractivity contribution < 1.29 is 18.8 Å². The Morgan fingerprint density at radius 3 is 2.33 bits per heavy atom. The summed E-state index contributed by atoms with van der Waals surface area (Å²) in [7, 11) is 0. The van der Waals surface area contributed by atoms with Crippen molar-refractivity contribution in [2.24, 2.45) is 5.92 Å². The summed E-state index contributed by atoms with van der Waals surface area (Å²) in [4.78, 5) is 40.3. The molecule has 3 rings (SSSR count). The fourth-order valence-corrected chi connectivity index (χ4v) is 3.89. The molecule has 2 fully saturated rings. The molecular formula is C20H26FN3O3. The standard InChI is InChI=1S/C20H26FN3O3/c1-14(25)24-10-2-3-18(24)20(27)23-11-8-16(9-12-23)19(26)22-17-6-4-15(13-21)5-7-17/h4-7,16,18H,2-3,8-13H2,1H3,(H,22,26)/t18-/m1/s1. The molecule has 2 aliphatic rings. The van der Waals surface area contributed by atoms with Crippen molar-refractivity contribution in [3.05, 3.63) is 29.8 Å². The van der Waals surface area contributed by atoms with Gasteiger partial charge in [-0.15, -0.1) is 0 Å². The average molecular weight is 375 g/mol. The molecule has 0 aliphatic carbocycles. The van der Waals surface area contributed by atoms with E-state index in [0.717, 1.165) is 6.42 Å². The van der Waals surface area contributed by atoms with Gasteiger partial charge in [0.2, 0.25) is 17.7 Å². The number of halogens is 1. The monoisotopic (exact) mass is 375 g/mol. The van der Waals surface area contributed by atoms with Crippen LogP contribution < -0.4 is 5.32 Å². The van der Waals surface area contributed by atoms with Gasteiger partial charge in [0, 0.05) is 38.2 Å². The summed E-state index contributed by atoms with van der Waals surface area (Å²) in [6.07, 6.45) is 2.78. The molecule has 6 nitrogen and oxygen atoms in total. The first-order valence-electron chi connectivity index (χ1n) is 9.51. The molecule has 27 heavy (non-hydrogen) atoms. The van der Waals surface area contributed by atoms with E-state index in [4.69, 9.17) is 0 Å². The molecule has 1 aromatic carbocycles. The summed E-state index contributed by atoms with van der Waals surface area (Å²) >= 11 is 0. The van der Waals surface area contributed by atoms with Crippen LogP contribution in [0.1, 0.15) is 38.2 Å². The van der Waals surface area contributed by atoms with Crippen molar-refractivity contribution in [1.29, 1.82) is 0 Å².